The van der Waals surface area contributed by atoms with E-state index in [1.165, 1.54) is 0 Å². The zero-order valence-electron chi connectivity index (χ0n) is 11.5. The number of hydrogen-bond acceptors (Lipinski definition) is 4. The summed E-state index contributed by atoms with van der Waals surface area (Å²) in [6.07, 6.45) is 2.28. The zero-order chi connectivity index (χ0) is 13.3. The number of carbonyl (C=O) groups is 1. The van der Waals surface area contributed by atoms with E-state index >= 15 is 0 Å². The first-order valence-corrected chi connectivity index (χ1v) is 7.37. The van der Waals surface area contributed by atoms with Crippen molar-refractivity contribution in [3.63, 3.8) is 0 Å². The lowest BCUT2D eigenvalue weighted by molar-refractivity contribution is -0.128. The normalized spacial score (nSPS) is 24.4. The van der Waals surface area contributed by atoms with Gasteiger partial charge in [0.25, 0.3) is 0 Å². The molecule has 0 radical (unpaired) electrons. The fourth-order valence-electron chi connectivity index (χ4n) is 2.04. The fourth-order valence-corrected chi connectivity index (χ4v) is 3.07. The molecule has 1 fully saturated rings. The van der Waals surface area contributed by atoms with Crippen LogP contribution < -0.4 is 0 Å². The van der Waals surface area contributed by atoms with E-state index in [9.17, 15) is 4.79 Å². The Morgan fingerprint density at radius 3 is 2.72 bits per heavy atom. The van der Waals surface area contributed by atoms with Gasteiger partial charge < -0.3 is 4.74 Å². The van der Waals surface area contributed by atoms with Crippen LogP contribution in [0, 0.1) is 0 Å². The predicted octanol–water partition coefficient (Wildman–Crippen LogP) is 3.12. The van der Waals surface area contributed by atoms with Crippen molar-refractivity contribution >= 4 is 17.1 Å². The number of Topliss-reactive ketones (excluding diaryl/α,β-unsaturated/α-hetero) is 1. The Labute approximate surface area is 113 Å². The summed E-state index contributed by atoms with van der Waals surface area (Å²) >= 11 is 1.58. The minimum Gasteiger partial charge on any atom is -0.367 e. The van der Waals surface area contributed by atoms with Gasteiger partial charge in [0.15, 0.2) is 5.78 Å². The summed E-state index contributed by atoms with van der Waals surface area (Å²) in [6, 6.07) is 0. The number of carbonyl (C=O) groups excluding carboxylic acids is 1. The summed E-state index contributed by atoms with van der Waals surface area (Å²) in [7, 11) is 0. The molecule has 2 atom stereocenters. The summed E-state index contributed by atoms with van der Waals surface area (Å²) in [5, 5.41) is 2.97. The molecule has 0 bridgehead atoms. The van der Waals surface area contributed by atoms with Crippen LogP contribution in [-0.2, 0) is 21.4 Å². The first kappa shape index (κ1) is 13.7. The number of hydrogen-bond donors (Lipinski definition) is 0. The lowest BCUT2D eigenvalue weighted by atomic mass is 9.93. The maximum atomic E-state index is 12.1. The van der Waals surface area contributed by atoms with Crippen LogP contribution in [0.25, 0.3) is 0 Å². The Morgan fingerprint density at radius 2 is 2.22 bits per heavy atom. The van der Waals surface area contributed by atoms with Gasteiger partial charge in [-0.2, -0.15) is 0 Å². The molecule has 0 saturated carbocycles. The molecule has 1 aliphatic rings. The van der Waals surface area contributed by atoms with Crippen molar-refractivity contribution in [2.75, 3.05) is 0 Å². The molecule has 0 aliphatic carbocycles. The largest absolute Gasteiger partial charge is 0.367 e. The molecular weight excluding hydrogens is 246 g/mol. The third-order valence-electron chi connectivity index (χ3n) is 3.24. The molecule has 4 heteroatoms. The third kappa shape index (κ3) is 3.18. The number of thiazole rings is 1. The highest BCUT2D eigenvalue weighted by Crippen LogP contribution is 2.25. The topological polar surface area (TPSA) is 39.2 Å². The molecule has 2 heterocycles. The lowest BCUT2D eigenvalue weighted by Gasteiger charge is -2.14. The van der Waals surface area contributed by atoms with Crippen LogP contribution in [0.3, 0.4) is 0 Å². The molecule has 3 nitrogen and oxygen atoms in total. The van der Waals surface area contributed by atoms with E-state index in [2.05, 4.69) is 31.1 Å². The highest BCUT2D eigenvalue weighted by atomic mass is 32.1. The molecule has 0 spiro atoms. The molecule has 0 aromatic carbocycles. The van der Waals surface area contributed by atoms with E-state index < -0.39 is 0 Å². The van der Waals surface area contributed by atoms with Gasteiger partial charge >= 0.3 is 0 Å². The summed E-state index contributed by atoms with van der Waals surface area (Å²) in [4.78, 5) is 16.6. The SMILES string of the molecule is CC1CCC(C(=O)Cc2nc(C(C)(C)C)cs2)O1. The summed E-state index contributed by atoms with van der Waals surface area (Å²) in [5.41, 5.74) is 1.12. The Balaban J connectivity index is 1.97. The van der Waals surface area contributed by atoms with Crippen LogP contribution in [0.15, 0.2) is 5.38 Å². The molecule has 100 valence electrons. The van der Waals surface area contributed by atoms with Crippen molar-refractivity contribution in [2.24, 2.45) is 0 Å². The van der Waals surface area contributed by atoms with Crippen molar-refractivity contribution in [3.05, 3.63) is 16.1 Å². The molecule has 1 aromatic heterocycles. The van der Waals surface area contributed by atoms with E-state index in [-0.39, 0.29) is 23.4 Å². The molecule has 18 heavy (non-hydrogen) atoms. The molecule has 1 aromatic rings. The van der Waals surface area contributed by atoms with Crippen LogP contribution in [-0.4, -0.2) is 23.0 Å². The lowest BCUT2D eigenvalue weighted by Crippen LogP contribution is -2.22. The number of aromatic nitrogens is 1. The van der Waals surface area contributed by atoms with Crippen molar-refractivity contribution in [1.82, 2.24) is 4.98 Å². The van der Waals surface area contributed by atoms with Gasteiger partial charge in [0.1, 0.15) is 11.1 Å². The second-order valence-electron chi connectivity index (χ2n) is 6.03. The first-order valence-electron chi connectivity index (χ1n) is 6.49. The highest BCUT2D eigenvalue weighted by molar-refractivity contribution is 7.09. The number of ketones is 1. The molecule has 0 N–H and O–H groups in total. The summed E-state index contributed by atoms with van der Waals surface area (Å²) in [6.45, 7) is 8.43. The number of ether oxygens (including phenoxy) is 1. The average molecular weight is 267 g/mol. The Hall–Kier alpha value is -0.740. The molecular formula is C14H21NO2S. The predicted molar refractivity (Wildman–Crippen MR) is 73.1 cm³/mol. The zero-order valence-corrected chi connectivity index (χ0v) is 12.3. The molecule has 1 saturated heterocycles. The van der Waals surface area contributed by atoms with Crippen LogP contribution in [0.4, 0.5) is 0 Å². The molecule has 1 aliphatic heterocycles. The van der Waals surface area contributed by atoms with Crippen molar-refractivity contribution < 1.29 is 9.53 Å². The minimum atomic E-state index is -0.206. The Bertz CT molecular complexity index is 433. The van der Waals surface area contributed by atoms with E-state index in [1.54, 1.807) is 11.3 Å². The van der Waals surface area contributed by atoms with E-state index in [0.717, 1.165) is 23.5 Å². The second-order valence-corrected chi connectivity index (χ2v) is 6.97. The van der Waals surface area contributed by atoms with Crippen LogP contribution in [0.2, 0.25) is 0 Å². The molecule has 2 rings (SSSR count). The fraction of sp³-hybridized carbons (Fsp3) is 0.714. The van der Waals surface area contributed by atoms with Gasteiger partial charge in [0, 0.05) is 10.8 Å². The quantitative estimate of drug-likeness (QED) is 0.844. The molecule has 2 unspecified atom stereocenters. The van der Waals surface area contributed by atoms with E-state index in [4.69, 9.17) is 4.74 Å². The van der Waals surface area contributed by atoms with Gasteiger partial charge in [-0.05, 0) is 19.8 Å². The van der Waals surface area contributed by atoms with Gasteiger partial charge in [-0.15, -0.1) is 11.3 Å². The monoisotopic (exact) mass is 267 g/mol. The van der Waals surface area contributed by atoms with Gasteiger partial charge in [-0.25, -0.2) is 4.98 Å². The third-order valence-corrected chi connectivity index (χ3v) is 4.09. The Kier molecular flexibility index (Phi) is 3.87. The summed E-state index contributed by atoms with van der Waals surface area (Å²) in [5.74, 6) is 0.175. The number of rotatable bonds is 3. The maximum Gasteiger partial charge on any atom is 0.168 e. The first-order chi connectivity index (χ1) is 8.36. The molecule has 0 amide bonds. The van der Waals surface area contributed by atoms with Crippen LogP contribution >= 0.6 is 11.3 Å². The van der Waals surface area contributed by atoms with Crippen molar-refractivity contribution in [2.45, 2.75) is 64.6 Å². The highest BCUT2D eigenvalue weighted by Gasteiger charge is 2.28. The maximum absolute atomic E-state index is 12.1. The van der Waals surface area contributed by atoms with Crippen LogP contribution in [0.5, 0.6) is 0 Å². The van der Waals surface area contributed by atoms with Crippen molar-refractivity contribution in [3.8, 4) is 0 Å². The van der Waals surface area contributed by atoms with Gasteiger partial charge in [-0.1, -0.05) is 20.8 Å². The average Bonchev–Trinajstić information content (AvgIpc) is 2.85. The standard InChI is InChI=1S/C14H21NO2S/c1-9-5-6-11(17-9)10(16)7-13-15-12(8-18-13)14(2,3)4/h8-9,11H,5-7H2,1-4H3. The van der Waals surface area contributed by atoms with E-state index in [0.29, 0.717) is 6.42 Å². The van der Waals surface area contributed by atoms with Crippen molar-refractivity contribution in [1.29, 1.82) is 0 Å². The minimum absolute atomic E-state index is 0.0518. The Morgan fingerprint density at radius 1 is 1.50 bits per heavy atom. The number of nitrogens with zero attached hydrogens (tertiary/aromatic N) is 1. The van der Waals surface area contributed by atoms with Crippen LogP contribution in [0.1, 0.15) is 51.2 Å². The van der Waals surface area contributed by atoms with Gasteiger partial charge in [-0.3, -0.25) is 4.79 Å². The second kappa shape index (κ2) is 5.10. The smallest absolute Gasteiger partial charge is 0.168 e. The van der Waals surface area contributed by atoms with E-state index in [1.807, 2.05) is 6.92 Å². The summed E-state index contributed by atoms with van der Waals surface area (Å²) < 4.78 is 5.60. The van der Waals surface area contributed by atoms with Gasteiger partial charge in [0.2, 0.25) is 0 Å². The van der Waals surface area contributed by atoms with Gasteiger partial charge in [0.05, 0.1) is 18.2 Å².